The fourth-order valence-electron chi connectivity index (χ4n) is 1.48. The molecule has 0 saturated carbocycles. The van der Waals surface area contributed by atoms with Crippen molar-refractivity contribution in [3.63, 3.8) is 0 Å². The zero-order chi connectivity index (χ0) is 10.3. The minimum absolute atomic E-state index is 0.421. The highest BCUT2D eigenvalue weighted by atomic mass is 35.5. The maximum Gasteiger partial charge on any atom is 0.0336 e. The van der Waals surface area contributed by atoms with E-state index in [-0.39, 0.29) is 0 Å². The van der Waals surface area contributed by atoms with Crippen molar-refractivity contribution in [2.24, 2.45) is 5.41 Å². The number of halogens is 1. The monoisotopic (exact) mass is 204 g/mol. The van der Waals surface area contributed by atoms with E-state index in [9.17, 15) is 0 Å². The summed E-state index contributed by atoms with van der Waals surface area (Å²) < 4.78 is 0. The normalized spacial score (nSPS) is 14.5. The summed E-state index contributed by atoms with van der Waals surface area (Å²) in [6.45, 7) is 9.11. The molecule has 0 fully saturated rings. The SMILES string of the molecule is CCCC(Cl)CCCCC(C)(C)C. The van der Waals surface area contributed by atoms with Gasteiger partial charge in [0.05, 0.1) is 0 Å². The second-order valence-corrected chi connectivity index (χ2v) is 5.81. The van der Waals surface area contributed by atoms with Crippen molar-refractivity contribution in [2.75, 3.05) is 0 Å². The average Bonchev–Trinajstić information content (AvgIpc) is 1.97. The van der Waals surface area contributed by atoms with Gasteiger partial charge in [0.1, 0.15) is 0 Å². The van der Waals surface area contributed by atoms with E-state index in [1.807, 2.05) is 0 Å². The quantitative estimate of drug-likeness (QED) is 0.422. The largest absolute Gasteiger partial charge is 0.123 e. The number of hydrogen-bond donors (Lipinski definition) is 0. The van der Waals surface area contributed by atoms with Gasteiger partial charge in [-0.2, -0.15) is 0 Å². The van der Waals surface area contributed by atoms with Crippen molar-refractivity contribution in [3.8, 4) is 0 Å². The van der Waals surface area contributed by atoms with Crippen LogP contribution in [0.3, 0.4) is 0 Å². The summed E-state index contributed by atoms with van der Waals surface area (Å²) >= 11 is 6.13. The van der Waals surface area contributed by atoms with Crippen LogP contribution in [0, 0.1) is 5.41 Å². The van der Waals surface area contributed by atoms with Crippen molar-refractivity contribution in [1.29, 1.82) is 0 Å². The topological polar surface area (TPSA) is 0 Å². The summed E-state index contributed by atoms with van der Waals surface area (Å²) in [7, 11) is 0. The van der Waals surface area contributed by atoms with Gasteiger partial charge in [-0.25, -0.2) is 0 Å². The maximum atomic E-state index is 6.13. The molecule has 80 valence electrons. The molecule has 0 saturated heterocycles. The summed E-state index contributed by atoms with van der Waals surface area (Å²) in [4.78, 5) is 0. The third-order valence-corrected chi connectivity index (χ3v) is 2.73. The third kappa shape index (κ3) is 10.2. The first-order valence-corrected chi connectivity index (χ1v) is 6.03. The Labute approximate surface area is 89.1 Å². The number of hydrogen-bond acceptors (Lipinski definition) is 0. The Hall–Kier alpha value is 0.290. The molecule has 0 nitrogen and oxygen atoms in total. The molecular formula is C12H25Cl. The van der Waals surface area contributed by atoms with Crippen LogP contribution >= 0.6 is 11.6 Å². The lowest BCUT2D eigenvalue weighted by atomic mass is 9.89. The Balaban J connectivity index is 3.25. The van der Waals surface area contributed by atoms with Crippen molar-refractivity contribution >= 4 is 11.6 Å². The minimum atomic E-state index is 0.421. The molecule has 0 amide bonds. The Morgan fingerprint density at radius 2 is 1.69 bits per heavy atom. The summed E-state index contributed by atoms with van der Waals surface area (Å²) in [6.07, 6.45) is 7.54. The molecule has 0 spiro atoms. The Kier molecular flexibility index (Phi) is 6.85. The summed E-state index contributed by atoms with van der Waals surface area (Å²) in [5.41, 5.74) is 0.493. The van der Waals surface area contributed by atoms with Crippen LogP contribution in [-0.4, -0.2) is 5.38 Å². The molecule has 0 aromatic carbocycles. The van der Waals surface area contributed by atoms with E-state index in [2.05, 4.69) is 27.7 Å². The number of unbranched alkanes of at least 4 members (excludes halogenated alkanes) is 1. The van der Waals surface area contributed by atoms with Crippen molar-refractivity contribution < 1.29 is 0 Å². The molecule has 1 atom stereocenters. The van der Waals surface area contributed by atoms with Gasteiger partial charge in [0.2, 0.25) is 0 Å². The predicted octanol–water partition coefficient (Wildman–Crippen LogP) is 5.00. The van der Waals surface area contributed by atoms with Crippen LogP contribution in [0.25, 0.3) is 0 Å². The molecule has 1 heteroatoms. The standard InChI is InChI=1S/C12H25Cl/c1-5-8-11(13)9-6-7-10-12(2,3)4/h11H,5-10H2,1-4H3. The molecule has 0 bridgehead atoms. The van der Waals surface area contributed by atoms with E-state index in [1.165, 1.54) is 38.5 Å². The highest BCUT2D eigenvalue weighted by Crippen LogP contribution is 2.23. The van der Waals surface area contributed by atoms with Crippen LogP contribution in [0.4, 0.5) is 0 Å². The van der Waals surface area contributed by atoms with E-state index in [4.69, 9.17) is 11.6 Å². The molecular weight excluding hydrogens is 180 g/mol. The summed E-state index contributed by atoms with van der Waals surface area (Å²) in [5.74, 6) is 0. The molecule has 1 unspecified atom stereocenters. The van der Waals surface area contributed by atoms with Gasteiger partial charge in [-0.3, -0.25) is 0 Å². The second-order valence-electron chi connectivity index (χ2n) is 5.19. The molecule has 0 N–H and O–H groups in total. The first-order valence-electron chi connectivity index (χ1n) is 5.60. The molecule has 0 rings (SSSR count). The zero-order valence-electron chi connectivity index (χ0n) is 9.70. The van der Waals surface area contributed by atoms with Crippen LogP contribution in [0.2, 0.25) is 0 Å². The van der Waals surface area contributed by atoms with E-state index < -0.39 is 0 Å². The van der Waals surface area contributed by atoms with E-state index in [0.717, 1.165) is 0 Å². The molecule has 0 aliphatic heterocycles. The van der Waals surface area contributed by atoms with Crippen molar-refractivity contribution in [1.82, 2.24) is 0 Å². The van der Waals surface area contributed by atoms with Crippen molar-refractivity contribution in [2.45, 2.75) is 71.6 Å². The van der Waals surface area contributed by atoms with Gasteiger partial charge in [-0.15, -0.1) is 11.6 Å². The van der Waals surface area contributed by atoms with Crippen LogP contribution in [0.5, 0.6) is 0 Å². The first kappa shape index (κ1) is 13.3. The van der Waals surface area contributed by atoms with Gasteiger partial charge in [-0.1, -0.05) is 47.0 Å². The van der Waals surface area contributed by atoms with Crippen molar-refractivity contribution in [3.05, 3.63) is 0 Å². The summed E-state index contributed by atoms with van der Waals surface area (Å²) in [5, 5.41) is 0.421. The molecule has 13 heavy (non-hydrogen) atoms. The molecule has 0 aliphatic rings. The van der Waals surface area contributed by atoms with Gasteiger partial charge in [0.25, 0.3) is 0 Å². The van der Waals surface area contributed by atoms with Gasteiger partial charge in [0.15, 0.2) is 0 Å². The van der Waals surface area contributed by atoms with Crippen LogP contribution < -0.4 is 0 Å². The number of alkyl halides is 1. The zero-order valence-corrected chi connectivity index (χ0v) is 10.5. The fraction of sp³-hybridized carbons (Fsp3) is 1.00. The Morgan fingerprint density at radius 1 is 1.08 bits per heavy atom. The van der Waals surface area contributed by atoms with E-state index in [0.29, 0.717) is 10.8 Å². The number of rotatable bonds is 6. The van der Waals surface area contributed by atoms with Gasteiger partial charge >= 0.3 is 0 Å². The molecule has 0 heterocycles. The lowest BCUT2D eigenvalue weighted by Crippen LogP contribution is -2.05. The molecule has 0 aliphatic carbocycles. The molecule has 0 radical (unpaired) electrons. The molecule has 0 aromatic rings. The maximum absolute atomic E-state index is 6.13. The third-order valence-electron chi connectivity index (χ3n) is 2.30. The van der Waals surface area contributed by atoms with Gasteiger partial charge in [-0.05, 0) is 24.7 Å². The van der Waals surface area contributed by atoms with Gasteiger partial charge in [0, 0.05) is 5.38 Å². The predicted molar refractivity (Wildman–Crippen MR) is 62.5 cm³/mol. The highest BCUT2D eigenvalue weighted by Gasteiger charge is 2.09. The van der Waals surface area contributed by atoms with Crippen LogP contribution in [-0.2, 0) is 0 Å². The van der Waals surface area contributed by atoms with E-state index >= 15 is 0 Å². The van der Waals surface area contributed by atoms with Crippen LogP contribution in [0.15, 0.2) is 0 Å². The highest BCUT2D eigenvalue weighted by molar-refractivity contribution is 6.20. The lowest BCUT2D eigenvalue weighted by molar-refractivity contribution is 0.357. The smallest absolute Gasteiger partial charge is 0.0336 e. The second kappa shape index (κ2) is 6.70. The first-order chi connectivity index (χ1) is 5.95. The molecule has 0 aromatic heterocycles. The fourth-order valence-corrected chi connectivity index (χ4v) is 1.85. The lowest BCUT2D eigenvalue weighted by Gasteiger charge is -2.18. The minimum Gasteiger partial charge on any atom is -0.123 e. The average molecular weight is 205 g/mol. The summed E-state index contributed by atoms with van der Waals surface area (Å²) in [6, 6.07) is 0. The van der Waals surface area contributed by atoms with Gasteiger partial charge < -0.3 is 0 Å². The van der Waals surface area contributed by atoms with Crippen LogP contribution in [0.1, 0.15) is 66.2 Å². The Morgan fingerprint density at radius 3 is 2.15 bits per heavy atom. The Bertz CT molecular complexity index is 113. The van der Waals surface area contributed by atoms with E-state index in [1.54, 1.807) is 0 Å².